The van der Waals surface area contributed by atoms with Crippen molar-refractivity contribution >= 4 is 17.3 Å². The van der Waals surface area contributed by atoms with Gasteiger partial charge in [0.2, 0.25) is 0 Å². The lowest BCUT2D eigenvalue weighted by atomic mass is 9.96. The Balaban J connectivity index is 1.33. The molecule has 0 spiro atoms. The molecule has 1 aliphatic carbocycles. The average Bonchev–Trinajstić information content (AvgIpc) is 3.50. The fraction of sp³-hybridized carbons (Fsp3) is 0.480. The number of nitrogens with zero attached hydrogens (tertiary/aromatic N) is 3. The average molecular weight is 467 g/mol. The Kier molecular flexibility index (Phi) is 5.79. The summed E-state index contributed by atoms with van der Waals surface area (Å²) in [5.41, 5.74) is 7.91. The van der Waals surface area contributed by atoms with E-state index in [1.807, 2.05) is 42.5 Å². The predicted octanol–water partition coefficient (Wildman–Crippen LogP) is 2.92. The quantitative estimate of drug-likeness (QED) is 0.403. The van der Waals surface area contributed by atoms with Gasteiger partial charge in [-0.3, -0.25) is 4.79 Å². The van der Waals surface area contributed by atoms with Gasteiger partial charge in [-0.2, -0.15) is 5.10 Å². The second-order valence-electron chi connectivity index (χ2n) is 9.65. The van der Waals surface area contributed by atoms with Crippen molar-refractivity contribution in [3.05, 3.63) is 60.0 Å². The molecule has 3 atom stereocenters. The van der Waals surface area contributed by atoms with Crippen LogP contribution < -0.4 is 5.73 Å². The zero-order chi connectivity index (χ0) is 23.9. The number of ether oxygens (including phenoxy) is 3. The van der Waals surface area contributed by atoms with Crippen molar-refractivity contribution in [2.45, 2.75) is 69.0 Å². The fourth-order valence-electron chi connectivity index (χ4n) is 4.79. The van der Waals surface area contributed by atoms with E-state index in [4.69, 9.17) is 19.9 Å². The van der Waals surface area contributed by atoms with Crippen molar-refractivity contribution in [2.75, 3.05) is 12.3 Å². The number of fused-ring (bicyclic) bond motifs is 1. The molecule has 2 aromatic heterocycles. The number of rotatable bonds is 7. The summed E-state index contributed by atoms with van der Waals surface area (Å²) in [6.45, 7) is 3.31. The maximum Gasteiger partial charge on any atom is 0.316 e. The largest absolute Gasteiger partial charge is 0.462 e. The number of nitrogen functional groups attached to an aromatic ring is 1. The zero-order valence-corrected chi connectivity index (χ0v) is 19.4. The van der Waals surface area contributed by atoms with Crippen LogP contribution in [0.1, 0.15) is 56.9 Å². The Hall–Kier alpha value is -3.01. The molecule has 1 aromatic carbocycles. The van der Waals surface area contributed by atoms with Gasteiger partial charge in [-0.15, -0.1) is 0 Å². The lowest BCUT2D eigenvalue weighted by Crippen LogP contribution is -2.41. The summed E-state index contributed by atoms with van der Waals surface area (Å²) in [6, 6.07) is 13.5. The van der Waals surface area contributed by atoms with Crippen LogP contribution in [0.5, 0.6) is 0 Å². The number of carbonyl (C=O) groups excluding carboxylic acids is 1. The summed E-state index contributed by atoms with van der Waals surface area (Å²) in [6.07, 6.45) is 2.90. The molecule has 1 unspecified atom stereocenters. The third-order valence-electron chi connectivity index (χ3n) is 6.52. The lowest BCUT2D eigenvalue weighted by Gasteiger charge is -2.37. The topological polar surface area (TPSA) is 121 Å². The number of carbonyl (C=O) groups is 1. The molecular formula is C25H30N4O5. The monoisotopic (exact) mass is 466 g/mol. The van der Waals surface area contributed by atoms with E-state index in [0.717, 1.165) is 24.1 Å². The first-order valence-electron chi connectivity index (χ1n) is 11.6. The number of hydrogen-bond acceptors (Lipinski definition) is 8. The van der Waals surface area contributed by atoms with Gasteiger partial charge in [0.25, 0.3) is 0 Å². The Morgan fingerprint density at radius 2 is 2.00 bits per heavy atom. The van der Waals surface area contributed by atoms with Crippen LogP contribution in [0.3, 0.4) is 0 Å². The Labute approximate surface area is 197 Å². The van der Waals surface area contributed by atoms with E-state index in [1.54, 1.807) is 18.4 Å². The molecule has 1 saturated heterocycles. The predicted molar refractivity (Wildman–Crippen MR) is 124 cm³/mol. The minimum Gasteiger partial charge on any atom is -0.462 e. The van der Waals surface area contributed by atoms with Gasteiger partial charge >= 0.3 is 5.97 Å². The van der Waals surface area contributed by atoms with Crippen molar-refractivity contribution in [3.8, 4) is 0 Å². The number of aromatic nitrogens is 3. The third kappa shape index (κ3) is 4.51. The molecule has 1 saturated carbocycles. The summed E-state index contributed by atoms with van der Waals surface area (Å²) >= 11 is 0. The van der Waals surface area contributed by atoms with E-state index in [9.17, 15) is 9.90 Å². The molecule has 2 fully saturated rings. The van der Waals surface area contributed by atoms with E-state index in [-0.39, 0.29) is 24.8 Å². The molecule has 9 heteroatoms. The van der Waals surface area contributed by atoms with Crippen LogP contribution >= 0.6 is 0 Å². The highest BCUT2D eigenvalue weighted by molar-refractivity contribution is 5.86. The summed E-state index contributed by atoms with van der Waals surface area (Å²) in [7, 11) is 0. The minimum absolute atomic E-state index is 0.107. The first kappa shape index (κ1) is 22.8. The molecule has 3 aromatic rings. The van der Waals surface area contributed by atoms with Crippen LogP contribution in [-0.4, -0.2) is 50.3 Å². The molecule has 9 nitrogen and oxygen atoms in total. The molecule has 0 amide bonds. The van der Waals surface area contributed by atoms with Gasteiger partial charge in [0.1, 0.15) is 24.6 Å². The molecule has 3 N–H and O–H groups in total. The van der Waals surface area contributed by atoms with Crippen LogP contribution in [-0.2, 0) is 24.4 Å². The fourth-order valence-corrected chi connectivity index (χ4v) is 4.79. The van der Waals surface area contributed by atoms with Gasteiger partial charge in [0.15, 0.2) is 11.6 Å². The summed E-state index contributed by atoms with van der Waals surface area (Å²) in [5, 5.41) is 14.6. The van der Waals surface area contributed by atoms with Crippen LogP contribution in [0, 0.1) is 0 Å². The molecule has 180 valence electrons. The number of esters is 1. The molecule has 0 radical (unpaired) electrons. The van der Waals surface area contributed by atoms with Gasteiger partial charge in [-0.05, 0) is 44.4 Å². The number of hydrogen-bond donors (Lipinski definition) is 2. The van der Waals surface area contributed by atoms with E-state index < -0.39 is 17.3 Å². The Morgan fingerprint density at radius 1 is 1.24 bits per heavy atom. The molecular weight excluding hydrogens is 436 g/mol. The molecule has 5 rings (SSSR count). The molecule has 3 heterocycles. The van der Waals surface area contributed by atoms with Gasteiger partial charge < -0.3 is 25.1 Å². The van der Waals surface area contributed by atoms with Crippen LogP contribution in [0.4, 0.5) is 5.82 Å². The lowest BCUT2D eigenvalue weighted by molar-refractivity contribution is -0.238. The summed E-state index contributed by atoms with van der Waals surface area (Å²) in [5.74, 6) is -1.15. The van der Waals surface area contributed by atoms with Gasteiger partial charge in [-0.1, -0.05) is 30.3 Å². The molecule has 1 aliphatic heterocycles. The maximum atomic E-state index is 13.0. The highest BCUT2D eigenvalue weighted by atomic mass is 16.6. The standard InChI is InChI=1S/C25H30N4O5/c1-24(2,31)34-17-12-18(14-32-23(30)25(10-11-25)16-6-4-3-5-7-16)33-21(13-17)19-8-9-20-22(26)27-15-28-29(19)20/h3-9,15,17-18,21,31H,10-14H2,1-2H3,(H2,26,27,28)/t17-,18+,21?/m1/s1. The van der Waals surface area contributed by atoms with Crippen LogP contribution in [0.2, 0.25) is 0 Å². The molecule has 34 heavy (non-hydrogen) atoms. The smallest absolute Gasteiger partial charge is 0.316 e. The SMILES string of the molecule is CC(C)(O)O[C@H]1CC(c2ccc3c(N)ncnn23)O[C@H](COC(=O)C2(c3ccccc3)CC2)C1. The highest BCUT2D eigenvalue weighted by Crippen LogP contribution is 2.49. The minimum atomic E-state index is -1.30. The van der Waals surface area contributed by atoms with E-state index in [0.29, 0.717) is 24.2 Å². The first-order valence-corrected chi connectivity index (χ1v) is 11.6. The van der Waals surface area contributed by atoms with E-state index in [1.165, 1.54) is 6.33 Å². The Bertz CT molecular complexity index is 1170. The number of aliphatic hydroxyl groups is 1. The maximum absolute atomic E-state index is 13.0. The second kappa shape index (κ2) is 8.65. The van der Waals surface area contributed by atoms with Crippen LogP contribution in [0.15, 0.2) is 48.8 Å². The number of anilines is 1. The van der Waals surface area contributed by atoms with Crippen molar-refractivity contribution in [1.82, 2.24) is 14.6 Å². The van der Waals surface area contributed by atoms with Gasteiger partial charge in [0, 0.05) is 12.8 Å². The van der Waals surface area contributed by atoms with Gasteiger partial charge in [0.05, 0.1) is 23.3 Å². The Morgan fingerprint density at radius 3 is 2.71 bits per heavy atom. The van der Waals surface area contributed by atoms with Gasteiger partial charge in [-0.25, -0.2) is 9.50 Å². The number of nitrogens with two attached hydrogens (primary N) is 1. The van der Waals surface area contributed by atoms with E-state index in [2.05, 4.69) is 10.1 Å². The van der Waals surface area contributed by atoms with Crippen molar-refractivity contribution in [2.24, 2.45) is 0 Å². The first-order chi connectivity index (χ1) is 16.2. The van der Waals surface area contributed by atoms with Crippen molar-refractivity contribution in [1.29, 1.82) is 0 Å². The van der Waals surface area contributed by atoms with Crippen LogP contribution in [0.25, 0.3) is 5.52 Å². The highest BCUT2D eigenvalue weighted by Gasteiger charge is 2.53. The summed E-state index contributed by atoms with van der Waals surface area (Å²) in [4.78, 5) is 17.1. The molecule has 0 bridgehead atoms. The van der Waals surface area contributed by atoms with E-state index >= 15 is 0 Å². The second-order valence-corrected chi connectivity index (χ2v) is 9.65. The molecule has 2 aliphatic rings. The third-order valence-corrected chi connectivity index (χ3v) is 6.52. The van der Waals surface area contributed by atoms with Crippen molar-refractivity contribution in [3.63, 3.8) is 0 Å². The zero-order valence-electron chi connectivity index (χ0n) is 19.4. The van der Waals surface area contributed by atoms with Crippen molar-refractivity contribution < 1.29 is 24.1 Å². The normalized spacial score (nSPS) is 24.1. The summed E-state index contributed by atoms with van der Waals surface area (Å²) < 4.78 is 19.7. The number of benzene rings is 1.